The average Bonchev–Trinajstić information content (AvgIpc) is 3.39. The number of allylic oxidation sites excluding steroid dienone is 2. The summed E-state index contributed by atoms with van der Waals surface area (Å²) in [4.78, 5) is 0. The molecule has 3 heteroatoms. The zero-order chi connectivity index (χ0) is 20.2. The van der Waals surface area contributed by atoms with Gasteiger partial charge >= 0.3 is 187 Å². The summed E-state index contributed by atoms with van der Waals surface area (Å²) < 4.78 is 1.39. The first-order valence-corrected chi connectivity index (χ1v) is 19.8. The van der Waals surface area contributed by atoms with Crippen LogP contribution in [0.1, 0.15) is 29.5 Å². The Bertz CT molecular complexity index is 1320. The number of benzene rings is 4. The van der Waals surface area contributed by atoms with Gasteiger partial charge in [0.15, 0.2) is 0 Å². The van der Waals surface area contributed by atoms with Crippen molar-refractivity contribution in [3.8, 4) is 0 Å². The number of hydrogen-bond donors (Lipinski definition) is 0. The van der Waals surface area contributed by atoms with Gasteiger partial charge in [0, 0.05) is 0 Å². The maximum absolute atomic E-state index is 2.58. The molecule has 31 heavy (non-hydrogen) atoms. The van der Waals surface area contributed by atoms with E-state index >= 15 is 0 Å². The summed E-state index contributed by atoms with van der Waals surface area (Å²) in [5.74, 6) is 0. The van der Waals surface area contributed by atoms with Crippen molar-refractivity contribution in [3.05, 3.63) is 107 Å². The summed E-state index contributed by atoms with van der Waals surface area (Å²) in [6, 6.07) is 27.3. The molecule has 0 nitrogen and oxygen atoms in total. The normalized spacial score (nSPS) is 18.1. The van der Waals surface area contributed by atoms with Crippen LogP contribution in [-0.4, -0.2) is 5.43 Å². The van der Waals surface area contributed by atoms with Gasteiger partial charge in [-0.15, -0.1) is 12.4 Å². The first kappa shape index (κ1) is 21.1. The molecule has 0 N–H and O–H groups in total. The molecule has 0 saturated carbocycles. The standard InChI is InChI=1S/2C13H9.C2H6Si.ClH.Zr/c2*1-2-6-12-10(4-1)8-9-11-5-3-7-13(11)12;1-3-2;;/h2*1-9H;1-2H3;1H;. The molecule has 0 radical (unpaired) electrons. The fourth-order valence-electron chi connectivity index (χ4n) is 5.49. The third-order valence-corrected chi connectivity index (χ3v) is 26.0. The Kier molecular flexibility index (Phi) is 5.67. The van der Waals surface area contributed by atoms with Crippen molar-refractivity contribution in [2.24, 2.45) is 0 Å². The minimum absolute atomic E-state index is 0. The summed E-state index contributed by atoms with van der Waals surface area (Å²) in [7, 11) is 0. The van der Waals surface area contributed by atoms with Crippen LogP contribution >= 0.6 is 12.4 Å². The van der Waals surface area contributed by atoms with Crippen LogP contribution in [0.5, 0.6) is 0 Å². The monoisotopic (exact) mass is 514 g/mol. The predicted octanol–water partition coefficient (Wildman–Crippen LogP) is 8.12. The van der Waals surface area contributed by atoms with Crippen molar-refractivity contribution in [2.45, 2.75) is 20.3 Å². The predicted molar refractivity (Wildman–Crippen MR) is 136 cm³/mol. The second-order valence-electron chi connectivity index (χ2n) is 8.71. The maximum atomic E-state index is 2.58. The van der Waals surface area contributed by atoms with E-state index in [-0.39, 0.29) is 17.8 Å². The summed E-state index contributed by atoms with van der Waals surface area (Å²) in [6.07, 6.45) is 10.0. The Labute approximate surface area is 198 Å². The first-order valence-electron chi connectivity index (χ1n) is 10.8. The van der Waals surface area contributed by atoms with Crippen LogP contribution in [-0.2, 0) is 20.4 Å². The average molecular weight is 516 g/mol. The number of halogens is 1. The number of rotatable bonds is 2. The van der Waals surface area contributed by atoms with E-state index in [1.807, 2.05) is 0 Å². The Hall–Kier alpha value is -1.73. The van der Waals surface area contributed by atoms with Gasteiger partial charge in [-0.25, -0.2) is 0 Å². The summed E-state index contributed by atoms with van der Waals surface area (Å²) in [5, 5.41) is 5.57. The van der Waals surface area contributed by atoms with Gasteiger partial charge in [0.25, 0.3) is 0 Å². The SMILES string of the molecule is C[Si](C)=[Zr]([CH]1C=Cc2c1ccc1ccccc21)[CH]1C=Cc2c1ccc1ccccc21.Cl. The molecule has 0 spiro atoms. The van der Waals surface area contributed by atoms with Gasteiger partial charge < -0.3 is 0 Å². The molecule has 0 bridgehead atoms. The third kappa shape index (κ3) is 3.35. The van der Waals surface area contributed by atoms with Crippen molar-refractivity contribution in [1.29, 1.82) is 0 Å². The Morgan fingerprint density at radius 1 is 0.613 bits per heavy atom. The number of fused-ring (bicyclic) bond motifs is 6. The minimum atomic E-state index is -1.85. The van der Waals surface area contributed by atoms with Gasteiger partial charge in [-0.2, -0.15) is 0 Å². The summed E-state index contributed by atoms with van der Waals surface area (Å²) >= 11 is -1.85. The molecular weight excluding hydrogens is 491 g/mol. The van der Waals surface area contributed by atoms with E-state index in [1.165, 1.54) is 32.7 Å². The molecule has 0 aromatic heterocycles. The maximum Gasteiger partial charge on any atom is -0.147 e. The Morgan fingerprint density at radius 3 is 1.52 bits per heavy atom. The molecule has 0 saturated heterocycles. The van der Waals surface area contributed by atoms with Crippen LogP contribution in [0.3, 0.4) is 0 Å². The molecule has 4 aromatic carbocycles. The van der Waals surface area contributed by atoms with E-state index in [1.54, 1.807) is 11.1 Å². The molecule has 6 rings (SSSR count). The quantitative estimate of drug-likeness (QED) is 0.236. The molecule has 0 amide bonds. The van der Waals surface area contributed by atoms with Crippen molar-refractivity contribution < 1.29 is 20.4 Å². The molecule has 152 valence electrons. The van der Waals surface area contributed by atoms with Crippen LogP contribution in [0.4, 0.5) is 0 Å². The zero-order valence-electron chi connectivity index (χ0n) is 17.8. The number of hydrogen-bond acceptors (Lipinski definition) is 0. The van der Waals surface area contributed by atoms with E-state index in [9.17, 15) is 0 Å². The van der Waals surface area contributed by atoms with Crippen LogP contribution in [0.15, 0.2) is 84.9 Å². The van der Waals surface area contributed by atoms with E-state index in [0.717, 1.165) is 0 Å². The van der Waals surface area contributed by atoms with Gasteiger partial charge in [-0.05, 0) is 0 Å². The summed E-state index contributed by atoms with van der Waals surface area (Å²) in [6.45, 7) is 5.17. The fourth-order valence-corrected chi connectivity index (χ4v) is 24.2. The largest absolute Gasteiger partial charge is 0.147 e. The van der Waals surface area contributed by atoms with Crippen LogP contribution in [0, 0.1) is 0 Å². The van der Waals surface area contributed by atoms with Crippen molar-refractivity contribution in [1.82, 2.24) is 0 Å². The van der Waals surface area contributed by atoms with Crippen LogP contribution in [0.25, 0.3) is 33.7 Å². The minimum Gasteiger partial charge on any atom is -0.147 e. The molecule has 4 aromatic rings. The van der Waals surface area contributed by atoms with Crippen molar-refractivity contribution >= 4 is 51.5 Å². The molecule has 2 aliphatic rings. The molecule has 0 fully saturated rings. The van der Waals surface area contributed by atoms with Gasteiger partial charge in [0.1, 0.15) is 0 Å². The second kappa shape index (κ2) is 8.32. The molecule has 2 atom stereocenters. The summed E-state index contributed by atoms with van der Waals surface area (Å²) in [5.41, 5.74) is 5.86. The Balaban J connectivity index is 0.00000204. The van der Waals surface area contributed by atoms with Gasteiger partial charge in [0.2, 0.25) is 0 Å². The van der Waals surface area contributed by atoms with E-state index in [0.29, 0.717) is 7.25 Å². The van der Waals surface area contributed by atoms with E-state index in [4.69, 9.17) is 0 Å². The van der Waals surface area contributed by atoms with Gasteiger partial charge in [-0.3, -0.25) is 0 Å². The molecule has 0 aliphatic heterocycles. The molecule has 2 aliphatic carbocycles. The molecule has 2 unspecified atom stereocenters. The zero-order valence-corrected chi connectivity index (χ0v) is 22.1. The topological polar surface area (TPSA) is 0 Å². The second-order valence-corrected chi connectivity index (χ2v) is 26.8. The third-order valence-electron chi connectivity index (χ3n) is 6.84. The van der Waals surface area contributed by atoms with E-state index < -0.39 is 20.4 Å². The van der Waals surface area contributed by atoms with Crippen LogP contribution < -0.4 is 0 Å². The fraction of sp³-hybridized carbons (Fsp3) is 0.143. The van der Waals surface area contributed by atoms with Crippen LogP contribution in [0.2, 0.25) is 13.1 Å². The molecular formula is C28H25ClSiZr. The first-order chi connectivity index (χ1) is 14.7. The smallest absolute Gasteiger partial charge is 0.147 e. The Morgan fingerprint density at radius 2 is 1.06 bits per heavy atom. The van der Waals surface area contributed by atoms with Crippen molar-refractivity contribution in [3.63, 3.8) is 0 Å². The van der Waals surface area contributed by atoms with Crippen molar-refractivity contribution in [2.75, 3.05) is 0 Å². The van der Waals surface area contributed by atoms with Gasteiger partial charge in [-0.1, -0.05) is 0 Å². The van der Waals surface area contributed by atoms with E-state index in [2.05, 4.69) is 110 Å². The molecule has 0 heterocycles. The van der Waals surface area contributed by atoms with Gasteiger partial charge in [0.05, 0.1) is 0 Å².